The highest BCUT2D eigenvalue weighted by Crippen LogP contribution is 2.29. The van der Waals surface area contributed by atoms with E-state index in [1.165, 1.54) is 17.0 Å². The summed E-state index contributed by atoms with van der Waals surface area (Å²) in [5.41, 5.74) is -0.295. The Hall–Kier alpha value is -1.57. The van der Waals surface area contributed by atoms with Gasteiger partial charge in [-0.05, 0) is 31.5 Å². The summed E-state index contributed by atoms with van der Waals surface area (Å²) in [6.07, 6.45) is -4.46. The first-order chi connectivity index (χ1) is 10.5. The molecule has 1 aliphatic heterocycles. The number of nitrogens with zero attached hydrogens (tertiary/aromatic N) is 1. The molecule has 0 aliphatic carbocycles. The molecule has 1 amide bonds. The monoisotopic (exact) mass is 349 g/mol. The lowest BCUT2D eigenvalue weighted by Gasteiger charge is -2.37. The predicted octanol–water partition coefficient (Wildman–Crippen LogP) is 2.28. The second-order valence-electron chi connectivity index (χ2n) is 5.77. The third-order valence-electron chi connectivity index (χ3n) is 4.31. The standard InChI is InChI=1S/C15H18F3NO3S/c1-10-11(2)23(21,22)8-7-19(10)14(20)9-12-3-5-13(6-4-12)15(16,17)18/h3-6,10-11H,7-9H2,1-2H3/t10-,11-/m0/s1. The van der Waals surface area contributed by atoms with Crippen molar-refractivity contribution in [3.63, 3.8) is 0 Å². The van der Waals surface area contributed by atoms with Crippen LogP contribution < -0.4 is 0 Å². The zero-order chi connectivity index (χ0) is 17.4. The number of sulfone groups is 1. The van der Waals surface area contributed by atoms with Crippen molar-refractivity contribution in [2.24, 2.45) is 0 Å². The lowest BCUT2D eigenvalue weighted by atomic mass is 10.1. The molecule has 1 saturated heterocycles. The number of hydrogen-bond donors (Lipinski definition) is 0. The van der Waals surface area contributed by atoms with E-state index in [0.717, 1.165) is 12.1 Å². The molecule has 2 atom stereocenters. The highest BCUT2D eigenvalue weighted by atomic mass is 32.2. The first-order valence-electron chi connectivity index (χ1n) is 7.19. The Morgan fingerprint density at radius 1 is 1.22 bits per heavy atom. The molecule has 2 rings (SSSR count). The van der Waals surface area contributed by atoms with Gasteiger partial charge in [0, 0.05) is 12.6 Å². The molecule has 0 aromatic heterocycles. The minimum Gasteiger partial charge on any atom is -0.337 e. The zero-order valence-corrected chi connectivity index (χ0v) is 13.6. The number of halogens is 3. The van der Waals surface area contributed by atoms with Crippen molar-refractivity contribution in [2.45, 2.75) is 37.7 Å². The summed E-state index contributed by atoms with van der Waals surface area (Å²) >= 11 is 0. The van der Waals surface area contributed by atoms with E-state index in [4.69, 9.17) is 0 Å². The molecule has 1 fully saturated rings. The average molecular weight is 349 g/mol. The summed E-state index contributed by atoms with van der Waals surface area (Å²) in [7, 11) is -3.19. The van der Waals surface area contributed by atoms with Crippen LogP contribution in [0.4, 0.5) is 13.2 Å². The number of alkyl halides is 3. The molecule has 0 radical (unpaired) electrons. The fourth-order valence-corrected chi connectivity index (χ4v) is 4.18. The predicted molar refractivity (Wildman–Crippen MR) is 79.6 cm³/mol. The molecule has 8 heteroatoms. The number of benzene rings is 1. The van der Waals surface area contributed by atoms with Gasteiger partial charge in [0.05, 0.1) is 23.0 Å². The Bertz CT molecular complexity index is 683. The molecule has 0 unspecified atom stereocenters. The van der Waals surface area contributed by atoms with Crippen LogP contribution in [0, 0.1) is 0 Å². The second-order valence-corrected chi connectivity index (χ2v) is 8.25. The normalized spacial score (nSPS) is 24.5. The molecular formula is C15H18F3NO3S. The van der Waals surface area contributed by atoms with Gasteiger partial charge in [0.15, 0.2) is 9.84 Å². The number of carbonyl (C=O) groups is 1. The van der Waals surface area contributed by atoms with E-state index in [1.807, 2.05) is 0 Å². The zero-order valence-electron chi connectivity index (χ0n) is 12.8. The number of rotatable bonds is 2. The smallest absolute Gasteiger partial charge is 0.337 e. The van der Waals surface area contributed by atoms with Gasteiger partial charge in [-0.2, -0.15) is 13.2 Å². The molecular weight excluding hydrogens is 331 g/mol. The first kappa shape index (κ1) is 17.8. The topological polar surface area (TPSA) is 54.5 Å². The molecule has 1 heterocycles. The van der Waals surface area contributed by atoms with Gasteiger partial charge in [-0.1, -0.05) is 12.1 Å². The molecule has 1 aliphatic rings. The quantitative estimate of drug-likeness (QED) is 0.823. The van der Waals surface area contributed by atoms with Crippen molar-refractivity contribution in [1.29, 1.82) is 0 Å². The Morgan fingerprint density at radius 2 is 1.78 bits per heavy atom. The van der Waals surface area contributed by atoms with Gasteiger partial charge >= 0.3 is 6.18 Å². The van der Waals surface area contributed by atoms with Crippen LogP contribution >= 0.6 is 0 Å². The number of hydrogen-bond acceptors (Lipinski definition) is 3. The van der Waals surface area contributed by atoms with Gasteiger partial charge in [-0.25, -0.2) is 8.42 Å². The van der Waals surface area contributed by atoms with Crippen molar-refractivity contribution in [3.05, 3.63) is 35.4 Å². The SMILES string of the molecule is C[C@H]1[C@H](C)S(=O)(=O)CCN1C(=O)Cc1ccc(C(F)(F)F)cc1. The van der Waals surface area contributed by atoms with Crippen LogP contribution in [0.5, 0.6) is 0 Å². The Morgan fingerprint density at radius 3 is 2.30 bits per heavy atom. The Balaban J connectivity index is 2.08. The second kappa shape index (κ2) is 6.14. The maximum atomic E-state index is 12.5. The maximum absolute atomic E-state index is 12.5. The summed E-state index contributed by atoms with van der Waals surface area (Å²) in [6, 6.07) is 3.98. The lowest BCUT2D eigenvalue weighted by Crippen LogP contribution is -2.54. The Labute approximate surface area is 133 Å². The molecule has 23 heavy (non-hydrogen) atoms. The van der Waals surface area contributed by atoms with Crippen molar-refractivity contribution in [2.75, 3.05) is 12.3 Å². The molecule has 0 bridgehead atoms. The van der Waals surface area contributed by atoms with Crippen molar-refractivity contribution in [1.82, 2.24) is 4.90 Å². The van der Waals surface area contributed by atoms with E-state index < -0.39 is 32.9 Å². The van der Waals surface area contributed by atoms with Crippen molar-refractivity contribution >= 4 is 15.7 Å². The first-order valence-corrected chi connectivity index (χ1v) is 8.91. The maximum Gasteiger partial charge on any atom is 0.416 e. The minimum absolute atomic E-state index is 0.0464. The molecule has 1 aromatic rings. The third kappa shape index (κ3) is 3.85. The van der Waals surface area contributed by atoms with Gasteiger partial charge in [-0.15, -0.1) is 0 Å². The molecule has 0 spiro atoms. The Kier molecular flexibility index (Phi) is 4.75. The van der Waals surface area contributed by atoms with E-state index in [1.54, 1.807) is 13.8 Å². The van der Waals surface area contributed by atoms with Crippen molar-refractivity contribution in [3.8, 4) is 0 Å². The van der Waals surface area contributed by atoms with E-state index >= 15 is 0 Å². The van der Waals surface area contributed by atoms with E-state index in [-0.39, 0.29) is 24.6 Å². The largest absolute Gasteiger partial charge is 0.416 e. The molecule has 128 valence electrons. The average Bonchev–Trinajstić information content (AvgIpc) is 2.44. The summed E-state index contributed by atoms with van der Waals surface area (Å²) in [4.78, 5) is 13.8. The van der Waals surface area contributed by atoms with E-state index in [0.29, 0.717) is 5.56 Å². The fourth-order valence-electron chi connectivity index (χ4n) is 2.61. The third-order valence-corrected chi connectivity index (χ3v) is 6.59. The fraction of sp³-hybridized carbons (Fsp3) is 0.533. The summed E-state index contributed by atoms with van der Waals surface area (Å²) in [6.45, 7) is 3.36. The van der Waals surface area contributed by atoms with Crippen LogP contribution in [-0.2, 0) is 27.2 Å². The highest BCUT2D eigenvalue weighted by Gasteiger charge is 2.37. The van der Waals surface area contributed by atoms with Gasteiger partial charge in [0.25, 0.3) is 0 Å². The summed E-state index contributed by atoms with van der Waals surface area (Å²) in [5.74, 6) is -0.365. The van der Waals surface area contributed by atoms with Gasteiger partial charge < -0.3 is 4.90 Å². The minimum atomic E-state index is -4.41. The molecule has 0 N–H and O–H groups in total. The van der Waals surface area contributed by atoms with Crippen LogP contribution in [0.1, 0.15) is 25.0 Å². The number of amides is 1. The van der Waals surface area contributed by atoms with Gasteiger partial charge in [-0.3, -0.25) is 4.79 Å². The van der Waals surface area contributed by atoms with Crippen molar-refractivity contribution < 1.29 is 26.4 Å². The van der Waals surface area contributed by atoms with Gasteiger partial charge in [0.1, 0.15) is 0 Å². The van der Waals surface area contributed by atoms with Crippen LogP contribution in [0.3, 0.4) is 0 Å². The van der Waals surface area contributed by atoms with Crippen LogP contribution in [0.25, 0.3) is 0 Å². The van der Waals surface area contributed by atoms with Crippen LogP contribution in [0.15, 0.2) is 24.3 Å². The van der Waals surface area contributed by atoms with E-state index in [2.05, 4.69) is 0 Å². The summed E-state index contributed by atoms with van der Waals surface area (Å²) < 4.78 is 61.1. The van der Waals surface area contributed by atoms with E-state index in [9.17, 15) is 26.4 Å². The highest BCUT2D eigenvalue weighted by molar-refractivity contribution is 7.92. The van der Waals surface area contributed by atoms with Crippen LogP contribution in [0.2, 0.25) is 0 Å². The van der Waals surface area contributed by atoms with Crippen LogP contribution in [-0.4, -0.2) is 42.8 Å². The van der Waals surface area contributed by atoms with Gasteiger partial charge in [0.2, 0.25) is 5.91 Å². The molecule has 1 aromatic carbocycles. The molecule has 0 saturated carbocycles. The molecule has 4 nitrogen and oxygen atoms in total. The summed E-state index contributed by atoms with van der Waals surface area (Å²) in [5, 5.41) is -0.646. The lowest BCUT2D eigenvalue weighted by molar-refractivity contribution is -0.137. The number of carbonyl (C=O) groups excluding carboxylic acids is 1.